The average molecular weight is 462 g/mol. The fourth-order valence-corrected chi connectivity index (χ4v) is 3.35. The van der Waals surface area contributed by atoms with Crippen LogP contribution in [0.5, 0.6) is 0 Å². The number of amides is 3. The zero-order valence-corrected chi connectivity index (χ0v) is 19.1. The molecule has 2 heterocycles. The van der Waals surface area contributed by atoms with Crippen LogP contribution < -0.4 is 0 Å². The lowest BCUT2D eigenvalue weighted by Crippen LogP contribution is -2.35. The number of hydrogen-bond acceptors (Lipinski definition) is 8. The first-order chi connectivity index (χ1) is 15.6. The van der Waals surface area contributed by atoms with E-state index < -0.39 is 11.9 Å². The van der Waals surface area contributed by atoms with E-state index >= 15 is 0 Å². The van der Waals surface area contributed by atoms with Gasteiger partial charge < -0.3 is 19.1 Å². The second-order valence-corrected chi connectivity index (χ2v) is 7.86. The Hall–Kier alpha value is -3.43. The molecule has 1 fully saturated rings. The van der Waals surface area contributed by atoms with Crippen molar-refractivity contribution in [1.82, 2.24) is 9.80 Å². The summed E-state index contributed by atoms with van der Waals surface area (Å²) in [7, 11) is 0. The highest BCUT2D eigenvalue weighted by molar-refractivity contribution is 6.19. The summed E-state index contributed by atoms with van der Waals surface area (Å²) in [4.78, 5) is 59.9. The summed E-state index contributed by atoms with van der Waals surface area (Å²) < 4.78 is 14.4. The minimum Gasteiger partial charge on any atom is -0.460 e. The van der Waals surface area contributed by atoms with E-state index in [1.54, 1.807) is 13.8 Å². The van der Waals surface area contributed by atoms with Gasteiger partial charge in [0.25, 0.3) is 11.8 Å². The number of esters is 2. The van der Waals surface area contributed by atoms with Crippen molar-refractivity contribution in [3.8, 4) is 0 Å². The van der Waals surface area contributed by atoms with Crippen molar-refractivity contribution in [2.75, 3.05) is 39.5 Å². The SMILES string of the molecule is C=C(C)C(=O)OCCN1C(=O)C2=C(CCCC2)C1=O.C=C(C)C(=O)OCCN1CCOC1=O. The molecule has 0 aromatic rings. The maximum absolute atomic E-state index is 12.0. The molecule has 3 amide bonds. The third-order valence-corrected chi connectivity index (χ3v) is 5.16. The molecule has 0 N–H and O–H groups in total. The van der Waals surface area contributed by atoms with Crippen LogP contribution in [0.15, 0.2) is 35.5 Å². The zero-order valence-electron chi connectivity index (χ0n) is 19.1. The van der Waals surface area contributed by atoms with Gasteiger partial charge >= 0.3 is 18.0 Å². The Balaban J connectivity index is 0.000000245. The van der Waals surface area contributed by atoms with Gasteiger partial charge in [0, 0.05) is 22.3 Å². The Kier molecular flexibility index (Phi) is 9.38. The first-order valence-electron chi connectivity index (χ1n) is 10.8. The van der Waals surface area contributed by atoms with Crippen LogP contribution in [0, 0.1) is 0 Å². The molecule has 10 heteroatoms. The molecule has 0 bridgehead atoms. The highest BCUT2D eigenvalue weighted by Gasteiger charge is 2.38. The fourth-order valence-electron chi connectivity index (χ4n) is 3.35. The van der Waals surface area contributed by atoms with E-state index in [4.69, 9.17) is 14.2 Å². The van der Waals surface area contributed by atoms with E-state index in [1.165, 1.54) is 9.80 Å². The third-order valence-electron chi connectivity index (χ3n) is 5.16. The number of nitrogens with zero attached hydrogens (tertiary/aromatic N) is 2. The Morgan fingerprint density at radius 3 is 1.79 bits per heavy atom. The van der Waals surface area contributed by atoms with Crippen molar-refractivity contribution in [2.24, 2.45) is 0 Å². The molecule has 10 nitrogen and oxygen atoms in total. The van der Waals surface area contributed by atoms with Crippen molar-refractivity contribution in [3.63, 3.8) is 0 Å². The molecule has 0 radical (unpaired) electrons. The first-order valence-corrected chi connectivity index (χ1v) is 10.8. The van der Waals surface area contributed by atoms with Crippen molar-refractivity contribution in [1.29, 1.82) is 0 Å². The maximum Gasteiger partial charge on any atom is 0.410 e. The van der Waals surface area contributed by atoms with Gasteiger partial charge in [-0.25, -0.2) is 14.4 Å². The summed E-state index contributed by atoms with van der Waals surface area (Å²) in [5.41, 5.74) is 1.97. The number of hydrogen-bond donors (Lipinski definition) is 0. The van der Waals surface area contributed by atoms with Gasteiger partial charge in [-0.05, 0) is 39.5 Å². The lowest BCUT2D eigenvalue weighted by Gasteiger charge is -2.14. The number of rotatable bonds is 8. The van der Waals surface area contributed by atoms with Gasteiger partial charge in [-0.15, -0.1) is 0 Å². The zero-order chi connectivity index (χ0) is 24.5. The Morgan fingerprint density at radius 2 is 1.36 bits per heavy atom. The highest BCUT2D eigenvalue weighted by Crippen LogP contribution is 2.32. The van der Waals surface area contributed by atoms with E-state index in [1.807, 2.05) is 0 Å². The number of ether oxygens (including phenoxy) is 3. The van der Waals surface area contributed by atoms with Gasteiger partial charge in [-0.3, -0.25) is 14.5 Å². The summed E-state index contributed by atoms with van der Waals surface area (Å²) >= 11 is 0. The average Bonchev–Trinajstić information content (AvgIpc) is 3.30. The van der Waals surface area contributed by atoms with Gasteiger partial charge in [0.15, 0.2) is 0 Å². The van der Waals surface area contributed by atoms with Gasteiger partial charge in [0.1, 0.15) is 19.8 Å². The molecule has 0 aromatic heterocycles. The third kappa shape index (κ3) is 7.03. The molecule has 0 saturated carbocycles. The Morgan fingerprint density at radius 1 is 0.879 bits per heavy atom. The smallest absolute Gasteiger partial charge is 0.410 e. The van der Waals surface area contributed by atoms with Gasteiger partial charge in [0.05, 0.1) is 19.6 Å². The molecule has 3 aliphatic rings. The number of imide groups is 1. The van der Waals surface area contributed by atoms with Crippen molar-refractivity contribution < 1.29 is 38.2 Å². The lowest BCUT2D eigenvalue weighted by molar-refractivity contribution is -0.144. The summed E-state index contributed by atoms with van der Waals surface area (Å²) in [6.07, 6.45) is 2.92. The van der Waals surface area contributed by atoms with Crippen LogP contribution in [0.25, 0.3) is 0 Å². The van der Waals surface area contributed by atoms with Crippen LogP contribution in [-0.2, 0) is 33.4 Å². The molecule has 2 aliphatic heterocycles. The van der Waals surface area contributed by atoms with Crippen LogP contribution >= 0.6 is 0 Å². The minimum atomic E-state index is -0.503. The molecule has 1 aliphatic carbocycles. The predicted molar refractivity (Wildman–Crippen MR) is 117 cm³/mol. The Bertz CT molecular complexity index is 861. The molecule has 0 atom stereocenters. The summed E-state index contributed by atoms with van der Waals surface area (Å²) in [6, 6.07) is 0. The van der Waals surface area contributed by atoms with Crippen LogP contribution in [0.1, 0.15) is 39.5 Å². The minimum absolute atomic E-state index is 0.0176. The van der Waals surface area contributed by atoms with E-state index in [0.717, 1.165) is 12.8 Å². The normalized spacial score (nSPS) is 17.2. The van der Waals surface area contributed by atoms with Crippen molar-refractivity contribution in [3.05, 3.63) is 35.5 Å². The van der Waals surface area contributed by atoms with Crippen LogP contribution in [-0.4, -0.2) is 79.1 Å². The second-order valence-electron chi connectivity index (χ2n) is 7.86. The number of carbonyl (C=O) groups excluding carboxylic acids is 5. The maximum atomic E-state index is 12.0. The summed E-state index contributed by atoms with van der Waals surface area (Å²) in [6.45, 7) is 11.7. The largest absolute Gasteiger partial charge is 0.460 e. The Labute approximate surface area is 192 Å². The fraction of sp³-hybridized carbons (Fsp3) is 0.522. The second kappa shape index (κ2) is 12.0. The molecule has 0 unspecified atom stereocenters. The number of cyclic esters (lactones) is 1. The van der Waals surface area contributed by atoms with Crippen LogP contribution in [0.3, 0.4) is 0 Å². The molecular weight excluding hydrogens is 432 g/mol. The van der Waals surface area contributed by atoms with Crippen LogP contribution in [0.2, 0.25) is 0 Å². The predicted octanol–water partition coefficient (Wildman–Crippen LogP) is 1.90. The van der Waals surface area contributed by atoms with E-state index in [0.29, 0.717) is 54.8 Å². The first kappa shape index (κ1) is 25.8. The molecule has 0 spiro atoms. The van der Waals surface area contributed by atoms with Gasteiger partial charge in [-0.1, -0.05) is 13.2 Å². The highest BCUT2D eigenvalue weighted by atomic mass is 16.6. The van der Waals surface area contributed by atoms with E-state index in [-0.39, 0.29) is 37.7 Å². The van der Waals surface area contributed by atoms with Crippen molar-refractivity contribution >= 4 is 29.8 Å². The van der Waals surface area contributed by atoms with E-state index in [9.17, 15) is 24.0 Å². The molecule has 0 aromatic carbocycles. The molecule has 3 rings (SSSR count). The lowest BCUT2D eigenvalue weighted by atomic mass is 9.93. The standard InChI is InChI=1S/C14H17NO4.C9H13NO4/c1-9(2)14(18)19-8-7-15-12(16)10-5-3-4-6-11(10)13(15)17;1-7(2)8(11)13-5-3-10-4-6-14-9(10)12/h1,3-8H2,2H3;1,3-6H2,2H3. The monoisotopic (exact) mass is 462 g/mol. The van der Waals surface area contributed by atoms with Gasteiger partial charge in [-0.2, -0.15) is 0 Å². The molecule has 180 valence electrons. The number of carbonyl (C=O) groups is 5. The summed E-state index contributed by atoms with van der Waals surface area (Å²) in [5, 5.41) is 0. The van der Waals surface area contributed by atoms with Crippen LogP contribution in [0.4, 0.5) is 4.79 Å². The van der Waals surface area contributed by atoms with Gasteiger partial charge in [0.2, 0.25) is 0 Å². The summed E-state index contributed by atoms with van der Waals surface area (Å²) in [5.74, 6) is -1.37. The topological polar surface area (TPSA) is 120 Å². The van der Waals surface area contributed by atoms with E-state index in [2.05, 4.69) is 13.2 Å². The molecular formula is C23H30N2O8. The molecule has 1 saturated heterocycles. The quantitative estimate of drug-likeness (QED) is 0.232. The molecule has 33 heavy (non-hydrogen) atoms. The van der Waals surface area contributed by atoms with Crippen molar-refractivity contribution in [2.45, 2.75) is 39.5 Å².